The van der Waals surface area contributed by atoms with Crippen molar-refractivity contribution in [1.82, 2.24) is 4.90 Å². The molecule has 1 heterocycles. The molecule has 0 N–H and O–H groups in total. The molecule has 0 bridgehead atoms. The molecule has 0 unspecified atom stereocenters. The molecule has 0 spiro atoms. The van der Waals surface area contributed by atoms with Crippen molar-refractivity contribution < 1.29 is 0 Å². The maximum atomic E-state index is 8.85. The van der Waals surface area contributed by atoms with Crippen LogP contribution in [-0.4, -0.2) is 29.5 Å². The third kappa shape index (κ3) is 3.86. The van der Waals surface area contributed by atoms with Crippen molar-refractivity contribution in [2.45, 2.75) is 6.54 Å². The molecule has 4 heteroatoms. The van der Waals surface area contributed by atoms with Gasteiger partial charge in [-0.2, -0.15) is 22.3 Å². The Bertz CT molecular complexity index is 529. The van der Waals surface area contributed by atoms with Crippen molar-refractivity contribution in [3.8, 4) is 12.1 Å². The van der Waals surface area contributed by atoms with E-state index in [1.165, 1.54) is 17.1 Å². The summed E-state index contributed by atoms with van der Waals surface area (Å²) in [7, 11) is 0. The van der Waals surface area contributed by atoms with Crippen molar-refractivity contribution in [3.63, 3.8) is 0 Å². The summed E-state index contributed by atoms with van der Waals surface area (Å²) in [6.45, 7) is 3.09. The monoisotopic (exact) mass is 269 g/mol. The lowest BCUT2D eigenvalue weighted by Crippen LogP contribution is -2.32. The summed E-state index contributed by atoms with van der Waals surface area (Å²) >= 11 is 1.99. The summed E-state index contributed by atoms with van der Waals surface area (Å²) in [5.41, 5.74) is 2.30. The number of allylic oxidation sites excluding steroid dienone is 1. The maximum Gasteiger partial charge on any atom is 0.130 e. The van der Waals surface area contributed by atoms with E-state index in [-0.39, 0.29) is 5.57 Å². The third-order valence-corrected chi connectivity index (χ3v) is 4.04. The Hall–Kier alpha value is -1.75. The smallest absolute Gasteiger partial charge is 0.130 e. The Morgan fingerprint density at radius 1 is 1.21 bits per heavy atom. The zero-order valence-corrected chi connectivity index (χ0v) is 11.5. The van der Waals surface area contributed by atoms with Crippen LogP contribution in [0.5, 0.6) is 0 Å². The molecule has 19 heavy (non-hydrogen) atoms. The minimum Gasteiger partial charge on any atom is -0.297 e. The Balaban J connectivity index is 2.19. The summed E-state index contributed by atoms with van der Waals surface area (Å²) in [4.78, 5) is 2.42. The molecule has 0 amide bonds. The second-order valence-electron chi connectivity index (χ2n) is 4.37. The van der Waals surface area contributed by atoms with E-state index < -0.39 is 0 Å². The number of benzene rings is 1. The highest BCUT2D eigenvalue weighted by molar-refractivity contribution is 7.99. The van der Waals surface area contributed by atoms with E-state index in [1.54, 1.807) is 6.08 Å². The predicted octanol–water partition coefficient (Wildman–Crippen LogP) is 2.67. The van der Waals surface area contributed by atoms with Crippen LogP contribution in [0.1, 0.15) is 11.1 Å². The van der Waals surface area contributed by atoms with Crippen LogP contribution in [0.2, 0.25) is 0 Å². The first-order valence-corrected chi connectivity index (χ1v) is 7.39. The number of thioether (sulfide) groups is 1. The van der Waals surface area contributed by atoms with Crippen LogP contribution in [-0.2, 0) is 6.54 Å². The van der Waals surface area contributed by atoms with E-state index in [2.05, 4.69) is 11.0 Å². The maximum absolute atomic E-state index is 8.85. The van der Waals surface area contributed by atoms with E-state index in [1.807, 2.05) is 42.1 Å². The zero-order chi connectivity index (χ0) is 13.5. The summed E-state index contributed by atoms with van der Waals surface area (Å²) in [6.07, 6.45) is 1.67. The summed E-state index contributed by atoms with van der Waals surface area (Å²) in [5, 5.41) is 17.7. The van der Waals surface area contributed by atoms with Gasteiger partial charge in [0.25, 0.3) is 0 Å². The van der Waals surface area contributed by atoms with Gasteiger partial charge in [-0.3, -0.25) is 4.90 Å². The first-order chi connectivity index (χ1) is 9.33. The second kappa shape index (κ2) is 6.99. The van der Waals surface area contributed by atoms with Crippen molar-refractivity contribution in [2.75, 3.05) is 24.6 Å². The molecule has 0 atom stereocenters. The highest BCUT2D eigenvalue weighted by Gasteiger charge is 2.12. The molecule has 0 aromatic heterocycles. The summed E-state index contributed by atoms with van der Waals surface area (Å²) in [5.74, 6) is 2.36. The largest absolute Gasteiger partial charge is 0.297 e. The predicted molar refractivity (Wildman–Crippen MR) is 78.2 cm³/mol. The molecule has 96 valence electrons. The normalized spacial score (nSPS) is 15.3. The van der Waals surface area contributed by atoms with Crippen molar-refractivity contribution in [2.24, 2.45) is 0 Å². The zero-order valence-electron chi connectivity index (χ0n) is 10.7. The molecule has 0 aliphatic carbocycles. The van der Waals surface area contributed by atoms with Gasteiger partial charge in [-0.05, 0) is 17.2 Å². The van der Waals surface area contributed by atoms with Crippen molar-refractivity contribution >= 4 is 17.8 Å². The van der Waals surface area contributed by atoms with Crippen LogP contribution < -0.4 is 0 Å². The van der Waals surface area contributed by atoms with Crippen LogP contribution >= 0.6 is 11.8 Å². The van der Waals surface area contributed by atoms with Gasteiger partial charge in [0.1, 0.15) is 17.7 Å². The number of rotatable bonds is 3. The van der Waals surface area contributed by atoms with Crippen LogP contribution in [0.25, 0.3) is 6.08 Å². The number of hydrogen-bond donors (Lipinski definition) is 0. The Labute approximate surface area is 118 Å². The standard InChI is InChI=1S/C15H15N3S/c16-10-13(11-17)9-14-3-1-2-4-15(14)12-18-5-7-19-8-6-18/h1-4,9H,5-8,12H2. The number of nitriles is 2. The molecule has 0 radical (unpaired) electrons. The molecule has 1 fully saturated rings. The molecule has 0 saturated carbocycles. The lowest BCUT2D eigenvalue weighted by atomic mass is 10.0. The van der Waals surface area contributed by atoms with Gasteiger partial charge >= 0.3 is 0 Å². The SMILES string of the molecule is N#CC(C#N)=Cc1ccccc1CN1CCSCC1. The Kier molecular flexibility index (Phi) is 5.03. The van der Waals surface area contributed by atoms with Gasteiger partial charge in [0, 0.05) is 31.1 Å². The van der Waals surface area contributed by atoms with Gasteiger partial charge < -0.3 is 0 Å². The molecule has 1 aromatic carbocycles. The van der Waals surface area contributed by atoms with E-state index in [4.69, 9.17) is 10.5 Å². The van der Waals surface area contributed by atoms with Crippen LogP contribution in [0.15, 0.2) is 29.8 Å². The van der Waals surface area contributed by atoms with Gasteiger partial charge in [-0.15, -0.1) is 0 Å². The van der Waals surface area contributed by atoms with Gasteiger partial charge in [-0.1, -0.05) is 24.3 Å². The number of hydrogen-bond acceptors (Lipinski definition) is 4. The van der Waals surface area contributed by atoms with Gasteiger partial charge in [0.15, 0.2) is 0 Å². The molecule has 1 aliphatic heterocycles. The highest BCUT2D eigenvalue weighted by Crippen LogP contribution is 2.18. The molecular formula is C15H15N3S. The topological polar surface area (TPSA) is 50.8 Å². The average Bonchev–Trinajstić information content (AvgIpc) is 2.47. The highest BCUT2D eigenvalue weighted by atomic mass is 32.2. The summed E-state index contributed by atoms with van der Waals surface area (Å²) in [6, 6.07) is 11.8. The van der Waals surface area contributed by atoms with Gasteiger partial charge in [0.05, 0.1) is 0 Å². The van der Waals surface area contributed by atoms with Crippen LogP contribution in [0, 0.1) is 22.7 Å². The molecule has 2 rings (SSSR count). The van der Waals surface area contributed by atoms with Crippen LogP contribution in [0.3, 0.4) is 0 Å². The van der Waals surface area contributed by atoms with Crippen molar-refractivity contribution in [3.05, 3.63) is 41.0 Å². The molecule has 3 nitrogen and oxygen atoms in total. The minimum atomic E-state index is 0.154. The minimum absolute atomic E-state index is 0.154. The van der Waals surface area contributed by atoms with Crippen molar-refractivity contribution in [1.29, 1.82) is 10.5 Å². The summed E-state index contributed by atoms with van der Waals surface area (Å²) < 4.78 is 0. The molecular weight excluding hydrogens is 254 g/mol. The molecule has 1 aliphatic rings. The van der Waals surface area contributed by atoms with E-state index >= 15 is 0 Å². The Morgan fingerprint density at radius 3 is 2.58 bits per heavy atom. The first kappa shape index (κ1) is 13.7. The molecule has 1 saturated heterocycles. The second-order valence-corrected chi connectivity index (χ2v) is 5.59. The van der Waals surface area contributed by atoms with Gasteiger partial charge in [0.2, 0.25) is 0 Å². The van der Waals surface area contributed by atoms with Gasteiger partial charge in [-0.25, -0.2) is 0 Å². The lowest BCUT2D eigenvalue weighted by molar-refractivity contribution is 0.294. The number of nitrogens with zero attached hydrogens (tertiary/aromatic N) is 3. The van der Waals surface area contributed by atoms with E-state index in [0.717, 1.165) is 25.2 Å². The fraction of sp³-hybridized carbons (Fsp3) is 0.333. The fourth-order valence-corrected chi connectivity index (χ4v) is 3.04. The average molecular weight is 269 g/mol. The Morgan fingerprint density at radius 2 is 1.89 bits per heavy atom. The molecule has 1 aromatic rings. The fourth-order valence-electron chi connectivity index (χ4n) is 2.06. The van der Waals surface area contributed by atoms with E-state index in [0.29, 0.717) is 0 Å². The van der Waals surface area contributed by atoms with E-state index in [9.17, 15) is 0 Å². The van der Waals surface area contributed by atoms with Crippen LogP contribution in [0.4, 0.5) is 0 Å². The first-order valence-electron chi connectivity index (χ1n) is 6.23. The third-order valence-electron chi connectivity index (χ3n) is 3.09. The quantitative estimate of drug-likeness (QED) is 0.792. The lowest BCUT2D eigenvalue weighted by Gasteiger charge is -2.26.